The Bertz CT molecular complexity index is 2660. The van der Waals surface area contributed by atoms with Crippen molar-refractivity contribution in [3.63, 3.8) is 0 Å². The molecular formula is C47H59Cl2F2IN2O8Si2. The highest BCUT2D eigenvalue weighted by Gasteiger charge is 2.38. The van der Waals surface area contributed by atoms with Crippen LogP contribution in [0, 0.1) is 15.2 Å². The maximum atomic E-state index is 15.5. The number of carbonyl (C=O) groups excluding carboxylic acids is 2. The van der Waals surface area contributed by atoms with E-state index in [1.807, 2.05) is 22.6 Å². The average molecular weight is 1070 g/mol. The van der Waals surface area contributed by atoms with Crippen LogP contribution in [0.2, 0.25) is 46.3 Å². The second-order valence-corrected chi connectivity index (χ2v) is 30.1. The van der Waals surface area contributed by atoms with E-state index in [0.717, 1.165) is 0 Å². The van der Waals surface area contributed by atoms with Crippen LogP contribution in [0.1, 0.15) is 87.2 Å². The maximum Gasteiger partial charge on any atom is 0.343 e. The van der Waals surface area contributed by atoms with Gasteiger partial charge in [-0.3, -0.25) is 9.59 Å². The van der Waals surface area contributed by atoms with Gasteiger partial charge < -0.3 is 27.5 Å². The smallest absolute Gasteiger partial charge is 0.343 e. The number of halogens is 5. The van der Waals surface area contributed by atoms with E-state index in [4.69, 9.17) is 41.5 Å². The predicted molar refractivity (Wildman–Crippen MR) is 267 cm³/mol. The molecule has 0 spiro atoms. The highest BCUT2D eigenvalue weighted by molar-refractivity contribution is 14.1. The fourth-order valence-electron chi connectivity index (χ4n) is 6.30. The summed E-state index contributed by atoms with van der Waals surface area (Å²) in [5.74, 6) is -2.51. The third-order valence-corrected chi connectivity index (χ3v) is 22.5. The van der Waals surface area contributed by atoms with E-state index in [1.165, 1.54) is 24.5 Å². The lowest BCUT2D eigenvalue weighted by Crippen LogP contribution is -2.41. The number of carbonyl (C=O) groups is 2. The molecule has 0 bridgehead atoms. The topological polar surface area (TPSA) is 115 Å². The second kappa shape index (κ2) is 21.4. The largest absolute Gasteiger partial charge is 0.462 e. The van der Waals surface area contributed by atoms with Crippen molar-refractivity contribution in [3.05, 3.63) is 123 Å². The van der Waals surface area contributed by atoms with Gasteiger partial charge in [0.05, 0.1) is 52.9 Å². The van der Waals surface area contributed by atoms with Crippen molar-refractivity contribution in [1.82, 2.24) is 9.13 Å². The molecule has 348 valence electrons. The van der Waals surface area contributed by atoms with E-state index in [-0.39, 0.29) is 69.2 Å². The second-order valence-electron chi connectivity index (χ2n) is 18.4. The van der Waals surface area contributed by atoms with Gasteiger partial charge in [-0.05, 0) is 121 Å². The van der Waals surface area contributed by atoms with Crippen LogP contribution in [-0.4, -0.2) is 64.1 Å². The summed E-state index contributed by atoms with van der Waals surface area (Å²) in [6.45, 7) is 26.3. The Labute approximate surface area is 399 Å². The van der Waals surface area contributed by atoms with Crippen molar-refractivity contribution in [3.8, 4) is 0 Å². The van der Waals surface area contributed by atoms with Crippen LogP contribution < -0.4 is 10.9 Å². The molecule has 0 amide bonds. The maximum absolute atomic E-state index is 15.5. The molecule has 5 aromatic rings. The molecule has 0 fully saturated rings. The first kappa shape index (κ1) is 53.2. The van der Waals surface area contributed by atoms with Gasteiger partial charge in [0.25, 0.3) is 0 Å². The van der Waals surface area contributed by atoms with Crippen LogP contribution in [0.15, 0.2) is 64.4 Å². The molecule has 0 atom stereocenters. The first-order chi connectivity index (χ1) is 29.6. The quantitative estimate of drug-likeness (QED) is 0.0613. The highest BCUT2D eigenvalue weighted by Crippen LogP contribution is 2.38. The first-order valence-corrected chi connectivity index (χ1v) is 28.7. The number of rotatable bonds is 14. The Kier molecular flexibility index (Phi) is 17.8. The monoisotopic (exact) mass is 1070 g/mol. The van der Waals surface area contributed by atoms with Crippen molar-refractivity contribution in [2.45, 2.75) is 111 Å². The number of aromatic nitrogens is 2. The number of fused-ring (bicyclic) bond motifs is 2. The Morgan fingerprint density at radius 3 is 1.58 bits per heavy atom. The molecule has 5 rings (SSSR count). The van der Waals surface area contributed by atoms with E-state index < -0.39 is 51.1 Å². The Balaban J connectivity index is 0.000000290. The fraction of sp³-hybridized carbons (Fsp3) is 0.447. The molecule has 0 radical (unpaired) electrons. The van der Waals surface area contributed by atoms with Crippen LogP contribution in [0.4, 0.5) is 8.78 Å². The Morgan fingerprint density at radius 1 is 0.703 bits per heavy atom. The number of hydrogen-bond acceptors (Lipinski definition) is 8. The molecule has 0 aliphatic heterocycles. The summed E-state index contributed by atoms with van der Waals surface area (Å²) in [5.41, 5.74) is 0.191. The van der Waals surface area contributed by atoms with Crippen molar-refractivity contribution >= 4 is 96.2 Å². The molecule has 0 unspecified atom stereocenters. The molecule has 2 heterocycles. The fourth-order valence-corrected chi connectivity index (χ4v) is 9.34. The zero-order valence-corrected chi connectivity index (χ0v) is 44.4. The molecule has 64 heavy (non-hydrogen) atoms. The third-order valence-electron chi connectivity index (χ3n) is 11.9. The van der Waals surface area contributed by atoms with Gasteiger partial charge in [0.2, 0.25) is 10.9 Å². The number of hydrogen-bond donors (Lipinski definition) is 0. The molecular weight excluding hydrogens is 1010 g/mol. The van der Waals surface area contributed by atoms with E-state index in [9.17, 15) is 23.6 Å². The summed E-state index contributed by atoms with van der Waals surface area (Å²) in [6, 6.07) is 11.2. The predicted octanol–water partition coefficient (Wildman–Crippen LogP) is 12.2. The molecule has 0 aliphatic carbocycles. The minimum Gasteiger partial charge on any atom is -0.462 e. The van der Waals surface area contributed by atoms with Gasteiger partial charge in [-0.25, -0.2) is 18.4 Å². The lowest BCUT2D eigenvalue weighted by Gasteiger charge is -2.36. The molecule has 0 saturated carbocycles. The number of benzene rings is 3. The minimum atomic E-state index is -2.04. The van der Waals surface area contributed by atoms with Crippen LogP contribution in [0.5, 0.6) is 0 Å². The van der Waals surface area contributed by atoms with Gasteiger partial charge in [-0.15, -0.1) is 0 Å². The van der Waals surface area contributed by atoms with E-state index in [0.29, 0.717) is 44.5 Å². The summed E-state index contributed by atoms with van der Waals surface area (Å²) >= 11 is 14.4. The van der Waals surface area contributed by atoms with Crippen molar-refractivity contribution in [2.24, 2.45) is 0 Å². The molecule has 0 N–H and O–H groups in total. The van der Waals surface area contributed by atoms with Crippen LogP contribution in [-0.2, 0) is 37.8 Å². The van der Waals surface area contributed by atoms with E-state index >= 15 is 4.39 Å². The van der Waals surface area contributed by atoms with Crippen LogP contribution in [0.3, 0.4) is 0 Å². The van der Waals surface area contributed by atoms with Crippen molar-refractivity contribution in [1.29, 1.82) is 0 Å². The SMILES string of the molecule is CCOC(=O)c1cn(CCO[Si](C)(C)C(C)(C)C)c2c(F)cc(Cc3cccc(Cl)c3Cl)cc2c1=O.CCOC(=O)c1cn(CCO[Si](C)(C)C(C)(C)C)c2c(F)cc(I)cc2c1=O. The number of pyridine rings is 2. The first-order valence-electron chi connectivity index (χ1n) is 21.1. The zero-order chi connectivity index (χ0) is 48.1. The van der Waals surface area contributed by atoms with Crippen LogP contribution >= 0.6 is 45.8 Å². The van der Waals surface area contributed by atoms with Gasteiger partial charge >= 0.3 is 11.9 Å². The average Bonchev–Trinajstić information content (AvgIpc) is 3.17. The number of ether oxygens (including phenoxy) is 2. The van der Waals surface area contributed by atoms with Gasteiger partial charge in [-0.2, -0.15) is 0 Å². The normalized spacial score (nSPS) is 12.3. The molecule has 17 heteroatoms. The van der Waals surface area contributed by atoms with Gasteiger partial charge in [0.15, 0.2) is 16.6 Å². The van der Waals surface area contributed by atoms with Crippen molar-refractivity contribution < 1.29 is 36.7 Å². The minimum absolute atomic E-state index is 0.0104. The Morgan fingerprint density at radius 2 is 1.14 bits per heavy atom. The molecule has 10 nitrogen and oxygen atoms in total. The number of esters is 2. The number of nitrogens with zero attached hydrogens (tertiary/aromatic N) is 2. The summed E-state index contributed by atoms with van der Waals surface area (Å²) in [6.07, 6.45) is 3.02. The summed E-state index contributed by atoms with van der Waals surface area (Å²) in [7, 11) is -4.01. The zero-order valence-electron chi connectivity index (χ0n) is 38.7. The third kappa shape index (κ3) is 12.5. The standard InChI is InChI=1S/C27H32Cl2FNO4Si.C20H27FINO4Si/c1-7-34-26(33)20-16-31(11-12-35-36(5,6)27(2,3)4)24-19(25(20)32)14-17(15-22(24)30)13-18-9-8-10-21(28)23(18)29;1-7-26-19(25)15-12-23(8-9-27-28(5,6)20(2,3)4)17-14(18(15)24)10-13(22)11-16(17)21/h8-10,14-16H,7,11-13H2,1-6H3;10-12H,7-9H2,1-6H3. The Hall–Kier alpha value is -3.46. The molecule has 0 aliphatic rings. The molecule has 3 aromatic carbocycles. The highest BCUT2D eigenvalue weighted by atomic mass is 127. The van der Waals surface area contributed by atoms with E-state index in [1.54, 1.807) is 53.3 Å². The lowest BCUT2D eigenvalue weighted by atomic mass is 10.0. The van der Waals surface area contributed by atoms with Crippen molar-refractivity contribution in [2.75, 3.05) is 26.4 Å². The van der Waals surface area contributed by atoms with Gasteiger partial charge in [0, 0.05) is 34.4 Å². The summed E-state index contributed by atoms with van der Waals surface area (Å²) < 4.78 is 56.5. The van der Waals surface area contributed by atoms with Gasteiger partial charge in [-0.1, -0.05) is 76.9 Å². The van der Waals surface area contributed by atoms with Gasteiger partial charge in [0.1, 0.15) is 22.8 Å². The lowest BCUT2D eigenvalue weighted by molar-refractivity contribution is 0.0514. The summed E-state index contributed by atoms with van der Waals surface area (Å²) in [5, 5.41) is 1.10. The summed E-state index contributed by atoms with van der Waals surface area (Å²) in [4.78, 5) is 50.9. The molecule has 2 aromatic heterocycles. The van der Waals surface area contributed by atoms with Crippen LogP contribution in [0.25, 0.3) is 21.8 Å². The van der Waals surface area contributed by atoms with E-state index in [2.05, 4.69) is 67.7 Å². The molecule has 0 saturated heterocycles.